The zero-order chi connectivity index (χ0) is 24.9. The lowest BCUT2D eigenvalue weighted by atomic mass is 10.0. The quantitative estimate of drug-likeness (QED) is 0.466. The smallest absolute Gasteiger partial charge is 0.411 e. The first-order valence-electron chi connectivity index (χ1n) is 10.8. The van der Waals surface area contributed by atoms with Crippen LogP contribution in [-0.2, 0) is 22.9 Å². The van der Waals surface area contributed by atoms with E-state index in [0.717, 1.165) is 11.1 Å². The lowest BCUT2D eigenvalue weighted by Gasteiger charge is -2.24. The minimum Gasteiger partial charge on any atom is -0.453 e. The molecule has 0 aliphatic carbocycles. The van der Waals surface area contributed by atoms with Gasteiger partial charge < -0.3 is 19.4 Å². The second-order valence-corrected chi connectivity index (χ2v) is 9.09. The Morgan fingerprint density at radius 2 is 1.71 bits per heavy atom. The minimum atomic E-state index is -0.611. The van der Waals surface area contributed by atoms with E-state index in [-0.39, 0.29) is 6.04 Å². The van der Waals surface area contributed by atoms with E-state index in [9.17, 15) is 9.59 Å². The van der Waals surface area contributed by atoms with Crippen LogP contribution >= 0.6 is 11.6 Å². The van der Waals surface area contributed by atoms with Crippen molar-refractivity contribution in [2.75, 3.05) is 12.4 Å². The second kappa shape index (κ2) is 10.6. The molecule has 2 aromatic carbocycles. The highest BCUT2D eigenvalue weighted by atomic mass is 35.5. The van der Waals surface area contributed by atoms with Crippen LogP contribution in [0.15, 0.2) is 54.6 Å². The maximum absolute atomic E-state index is 12.5. The normalized spacial score (nSPS) is 12.1. The van der Waals surface area contributed by atoms with E-state index in [1.54, 1.807) is 16.7 Å². The predicted octanol–water partition coefficient (Wildman–Crippen LogP) is 5.73. The predicted molar refractivity (Wildman–Crippen MR) is 132 cm³/mol. The maximum Gasteiger partial charge on any atom is 0.411 e. The van der Waals surface area contributed by atoms with Gasteiger partial charge in [-0.05, 0) is 38.5 Å². The summed E-state index contributed by atoms with van der Waals surface area (Å²) in [6.07, 6.45) is -0.646. The highest BCUT2D eigenvalue weighted by Crippen LogP contribution is 2.30. The number of halogens is 1. The number of nitrogens with zero attached hydrogens (tertiary/aromatic N) is 2. The number of methoxy groups -OCH3 is 1. The standard InChI is InChI=1S/C25H29ClN4O4/c1-25(2,3)34-24(32)28-19(16-9-7-6-8-10-16)15-20-29-21(22(26)30(20)4)17-11-13-18(14-12-17)27-23(31)33-5/h6-14,19H,15H2,1-5H3,(H,27,31)(H,28,32)/t19-/m0/s1. The van der Waals surface area contributed by atoms with Crippen molar-refractivity contribution in [2.45, 2.75) is 38.8 Å². The zero-order valence-corrected chi connectivity index (χ0v) is 20.6. The van der Waals surface area contributed by atoms with Gasteiger partial charge in [-0.1, -0.05) is 54.1 Å². The Labute approximate surface area is 204 Å². The largest absolute Gasteiger partial charge is 0.453 e. The van der Waals surface area contributed by atoms with Crippen molar-refractivity contribution in [2.24, 2.45) is 7.05 Å². The molecule has 0 bridgehead atoms. The van der Waals surface area contributed by atoms with Gasteiger partial charge in [0.15, 0.2) is 0 Å². The number of carbonyl (C=O) groups excluding carboxylic acids is 2. The van der Waals surface area contributed by atoms with Crippen LogP contribution in [0.5, 0.6) is 0 Å². The summed E-state index contributed by atoms with van der Waals surface area (Å²) in [5.74, 6) is 0.696. The number of rotatable bonds is 6. The number of hydrogen-bond donors (Lipinski definition) is 2. The van der Waals surface area contributed by atoms with Crippen LogP contribution in [0.3, 0.4) is 0 Å². The highest BCUT2D eigenvalue weighted by molar-refractivity contribution is 6.32. The van der Waals surface area contributed by atoms with Gasteiger partial charge in [0.1, 0.15) is 22.3 Å². The van der Waals surface area contributed by atoms with Gasteiger partial charge in [-0.25, -0.2) is 14.6 Å². The van der Waals surface area contributed by atoms with Crippen LogP contribution in [0.25, 0.3) is 11.3 Å². The summed E-state index contributed by atoms with van der Waals surface area (Å²) in [7, 11) is 3.14. The number of nitrogens with one attached hydrogen (secondary N) is 2. The summed E-state index contributed by atoms with van der Waals surface area (Å²) in [6.45, 7) is 5.46. The number of hydrogen-bond acceptors (Lipinski definition) is 5. The Balaban J connectivity index is 1.86. The van der Waals surface area contributed by atoms with E-state index in [1.165, 1.54) is 7.11 Å². The molecule has 3 rings (SSSR count). The van der Waals surface area contributed by atoms with Gasteiger partial charge in [-0.3, -0.25) is 5.32 Å². The van der Waals surface area contributed by atoms with Crippen molar-refractivity contribution in [3.05, 3.63) is 71.1 Å². The molecule has 0 saturated carbocycles. The third-order valence-electron chi connectivity index (χ3n) is 4.99. The Kier molecular flexibility index (Phi) is 7.83. The number of anilines is 1. The topological polar surface area (TPSA) is 94.5 Å². The van der Waals surface area contributed by atoms with E-state index in [4.69, 9.17) is 21.3 Å². The zero-order valence-electron chi connectivity index (χ0n) is 19.9. The van der Waals surface area contributed by atoms with E-state index < -0.39 is 17.8 Å². The number of imidazole rings is 1. The second-order valence-electron chi connectivity index (χ2n) is 8.73. The fourth-order valence-electron chi connectivity index (χ4n) is 3.34. The van der Waals surface area contributed by atoms with Gasteiger partial charge >= 0.3 is 12.2 Å². The van der Waals surface area contributed by atoms with Crippen molar-refractivity contribution in [1.82, 2.24) is 14.9 Å². The Bertz CT molecular complexity index is 1140. The number of ether oxygens (including phenoxy) is 2. The van der Waals surface area contributed by atoms with Crippen molar-refractivity contribution in [3.63, 3.8) is 0 Å². The molecule has 1 heterocycles. The molecular formula is C25H29ClN4O4. The van der Waals surface area contributed by atoms with E-state index >= 15 is 0 Å². The third-order valence-corrected chi connectivity index (χ3v) is 5.42. The molecule has 0 radical (unpaired) electrons. The monoisotopic (exact) mass is 484 g/mol. The highest BCUT2D eigenvalue weighted by Gasteiger charge is 2.24. The first-order chi connectivity index (χ1) is 16.1. The van der Waals surface area contributed by atoms with Crippen LogP contribution in [0, 0.1) is 0 Å². The fourth-order valence-corrected chi connectivity index (χ4v) is 3.59. The molecule has 0 aliphatic rings. The molecular weight excluding hydrogens is 456 g/mol. The number of benzene rings is 2. The van der Waals surface area contributed by atoms with Gasteiger partial charge in [0.25, 0.3) is 0 Å². The lowest BCUT2D eigenvalue weighted by Crippen LogP contribution is -2.36. The summed E-state index contributed by atoms with van der Waals surface area (Å²) in [4.78, 5) is 28.7. The molecule has 9 heteroatoms. The SMILES string of the molecule is COC(=O)Nc1ccc(-c2nc(C[C@H](NC(=O)OC(C)(C)C)c3ccccc3)n(C)c2Cl)cc1. The molecule has 1 atom stereocenters. The van der Waals surface area contributed by atoms with E-state index in [1.807, 2.05) is 70.3 Å². The first-order valence-corrected chi connectivity index (χ1v) is 11.2. The van der Waals surface area contributed by atoms with Crippen molar-refractivity contribution >= 4 is 29.5 Å². The number of carbonyl (C=O) groups is 2. The first kappa shape index (κ1) is 25.1. The van der Waals surface area contributed by atoms with E-state index in [0.29, 0.717) is 28.8 Å². The van der Waals surface area contributed by atoms with Gasteiger partial charge in [0.05, 0.1) is 13.2 Å². The van der Waals surface area contributed by atoms with Crippen LogP contribution in [-0.4, -0.2) is 34.4 Å². The Hall–Kier alpha value is -3.52. The van der Waals surface area contributed by atoms with E-state index in [2.05, 4.69) is 15.4 Å². The minimum absolute atomic E-state index is 0.368. The molecule has 2 N–H and O–H groups in total. The summed E-state index contributed by atoms with van der Waals surface area (Å²) >= 11 is 6.62. The molecule has 180 valence electrons. The van der Waals surface area contributed by atoms with Gasteiger partial charge in [0, 0.05) is 24.7 Å². The number of aromatic nitrogens is 2. The molecule has 0 spiro atoms. The van der Waals surface area contributed by atoms with Gasteiger partial charge in [0.2, 0.25) is 0 Å². The Morgan fingerprint density at radius 3 is 2.29 bits per heavy atom. The molecule has 0 unspecified atom stereocenters. The summed E-state index contributed by atoms with van der Waals surface area (Å²) in [5, 5.41) is 6.03. The molecule has 34 heavy (non-hydrogen) atoms. The number of alkyl carbamates (subject to hydrolysis) is 1. The maximum atomic E-state index is 12.5. The van der Waals surface area contributed by atoms with Crippen LogP contribution in [0.2, 0.25) is 5.15 Å². The van der Waals surface area contributed by atoms with Crippen LogP contribution in [0.1, 0.15) is 38.2 Å². The number of amides is 2. The summed E-state index contributed by atoms with van der Waals surface area (Å²) < 4.78 is 11.9. The molecule has 0 aliphatic heterocycles. The molecule has 0 saturated heterocycles. The average molecular weight is 485 g/mol. The van der Waals surface area contributed by atoms with Gasteiger partial charge in [-0.2, -0.15) is 0 Å². The average Bonchev–Trinajstić information content (AvgIpc) is 3.07. The lowest BCUT2D eigenvalue weighted by molar-refractivity contribution is 0.0502. The molecule has 2 amide bonds. The summed E-state index contributed by atoms with van der Waals surface area (Å²) in [6, 6.07) is 16.4. The van der Waals surface area contributed by atoms with Crippen molar-refractivity contribution in [1.29, 1.82) is 0 Å². The fraction of sp³-hybridized carbons (Fsp3) is 0.320. The van der Waals surface area contributed by atoms with Gasteiger partial charge in [-0.15, -0.1) is 0 Å². The molecule has 3 aromatic rings. The molecule has 0 fully saturated rings. The summed E-state index contributed by atoms with van der Waals surface area (Å²) in [5.41, 5.74) is 2.30. The molecule has 8 nitrogen and oxygen atoms in total. The Morgan fingerprint density at radius 1 is 1.06 bits per heavy atom. The van der Waals surface area contributed by atoms with Crippen LogP contribution in [0.4, 0.5) is 15.3 Å². The van der Waals surface area contributed by atoms with Crippen molar-refractivity contribution < 1.29 is 19.1 Å². The third kappa shape index (κ3) is 6.51. The van der Waals surface area contributed by atoms with Crippen molar-refractivity contribution in [3.8, 4) is 11.3 Å². The molecule has 1 aromatic heterocycles. The van der Waals surface area contributed by atoms with Crippen LogP contribution < -0.4 is 10.6 Å².